The van der Waals surface area contributed by atoms with E-state index in [1.54, 1.807) is 6.07 Å². The monoisotopic (exact) mass is 204 g/mol. The normalized spacial score (nSPS) is 9.90. The van der Waals surface area contributed by atoms with Gasteiger partial charge in [0.25, 0.3) is 0 Å². The van der Waals surface area contributed by atoms with Crippen molar-refractivity contribution < 1.29 is 4.39 Å². The van der Waals surface area contributed by atoms with Crippen molar-refractivity contribution in [2.24, 2.45) is 5.73 Å². The van der Waals surface area contributed by atoms with Crippen LogP contribution in [0.25, 0.3) is 0 Å². The number of pyridine rings is 1. The molecule has 10 heavy (non-hydrogen) atoms. The fourth-order valence-electron chi connectivity index (χ4n) is 0.608. The molecule has 1 aromatic heterocycles. The highest BCUT2D eigenvalue weighted by Gasteiger charge is 2.00. The number of nitrogens with zero attached hydrogens (tertiary/aromatic N) is 1. The Morgan fingerprint density at radius 2 is 2.40 bits per heavy atom. The van der Waals surface area contributed by atoms with Crippen molar-refractivity contribution in [3.63, 3.8) is 0 Å². The summed E-state index contributed by atoms with van der Waals surface area (Å²) in [6.07, 6.45) is 1.40. The molecule has 0 aromatic carbocycles. The second-order valence-corrected chi connectivity index (χ2v) is 2.72. The van der Waals surface area contributed by atoms with Crippen LogP contribution in [-0.4, -0.2) is 4.98 Å². The van der Waals surface area contributed by atoms with Crippen LogP contribution in [0.1, 0.15) is 5.56 Å². The third-order valence-corrected chi connectivity index (χ3v) is 1.53. The lowest BCUT2D eigenvalue weighted by Gasteiger charge is -1.96. The van der Waals surface area contributed by atoms with Gasteiger partial charge in [-0.3, -0.25) is 0 Å². The zero-order valence-electron chi connectivity index (χ0n) is 5.14. The topological polar surface area (TPSA) is 38.9 Å². The highest BCUT2D eigenvalue weighted by atomic mass is 79.9. The van der Waals surface area contributed by atoms with Gasteiger partial charge in [-0.15, -0.1) is 0 Å². The Morgan fingerprint density at radius 1 is 1.70 bits per heavy atom. The van der Waals surface area contributed by atoms with Crippen molar-refractivity contribution in [1.82, 2.24) is 4.98 Å². The summed E-state index contributed by atoms with van der Waals surface area (Å²) < 4.78 is 13.3. The van der Waals surface area contributed by atoms with Crippen molar-refractivity contribution in [3.05, 3.63) is 28.2 Å². The highest BCUT2D eigenvalue weighted by Crippen LogP contribution is 2.11. The van der Waals surface area contributed by atoms with Crippen molar-refractivity contribution in [3.8, 4) is 0 Å². The van der Waals surface area contributed by atoms with Gasteiger partial charge in [0, 0.05) is 22.8 Å². The summed E-state index contributed by atoms with van der Waals surface area (Å²) in [5, 5.41) is 0. The summed E-state index contributed by atoms with van der Waals surface area (Å²) >= 11 is 3.15. The Kier molecular flexibility index (Phi) is 2.34. The van der Waals surface area contributed by atoms with Gasteiger partial charge in [0.15, 0.2) is 0 Å². The summed E-state index contributed by atoms with van der Waals surface area (Å²) in [6.45, 7) is 0.179. The van der Waals surface area contributed by atoms with Crippen LogP contribution < -0.4 is 5.73 Å². The fourth-order valence-corrected chi connectivity index (χ4v) is 0.986. The van der Waals surface area contributed by atoms with Gasteiger partial charge in [-0.1, -0.05) is 0 Å². The minimum absolute atomic E-state index is 0.179. The second kappa shape index (κ2) is 3.07. The van der Waals surface area contributed by atoms with E-state index >= 15 is 0 Å². The van der Waals surface area contributed by atoms with E-state index in [2.05, 4.69) is 20.9 Å². The van der Waals surface area contributed by atoms with Crippen molar-refractivity contribution in [2.75, 3.05) is 0 Å². The molecule has 54 valence electrons. The average Bonchev–Trinajstić information content (AvgIpc) is 1.94. The fraction of sp³-hybridized carbons (Fsp3) is 0.167. The minimum Gasteiger partial charge on any atom is -0.326 e. The van der Waals surface area contributed by atoms with Gasteiger partial charge < -0.3 is 5.73 Å². The lowest BCUT2D eigenvalue weighted by Crippen LogP contribution is -2.01. The third-order valence-electron chi connectivity index (χ3n) is 1.10. The molecule has 4 heteroatoms. The molecule has 0 bridgehead atoms. The van der Waals surface area contributed by atoms with Crippen LogP contribution in [-0.2, 0) is 6.54 Å². The van der Waals surface area contributed by atoms with E-state index in [1.807, 2.05) is 0 Å². The maximum absolute atomic E-state index is 12.6. The SMILES string of the molecule is NCc1cc(Br)cnc1F. The van der Waals surface area contributed by atoms with Crippen molar-refractivity contribution in [2.45, 2.75) is 6.54 Å². The number of halogens is 2. The standard InChI is InChI=1S/C6H6BrFN2/c7-5-1-4(2-9)6(8)10-3-5/h1,3H,2,9H2. The second-order valence-electron chi connectivity index (χ2n) is 1.81. The number of nitrogens with two attached hydrogens (primary N) is 1. The first-order valence-corrected chi connectivity index (χ1v) is 3.53. The smallest absolute Gasteiger partial charge is 0.217 e. The van der Waals surface area contributed by atoms with Gasteiger partial charge in [0.05, 0.1) is 0 Å². The number of rotatable bonds is 1. The van der Waals surface area contributed by atoms with Gasteiger partial charge in [0.2, 0.25) is 5.95 Å². The van der Waals surface area contributed by atoms with E-state index in [9.17, 15) is 4.39 Å². The zero-order chi connectivity index (χ0) is 7.56. The predicted octanol–water partition coefficient (Wildman–Crippen LogP) is 1.44. The summed E-state index contributed by atoms with van der Waals surface area (Å²) in [5.41, 5.74) is 5.64. The molecule has 0 aliphatic heterocycles. The average molecular weight is 205 g/mol. The molecule has 0 saturated carbocycles. The van der Waals surface area contributed by atoms with Crippen LogP contribution in [0.4, 0.5) is 4.39 Å². The van der Waals surface area contributed by atoms with E-state index in [0.717, 1.165) is 4.47 Å². The molecule has 0 amide bonds. The summed E-state index contributed by atoms with van der Waals surface area (Å²) in [4.78, 5) is 3.46. The summed E-state index contributed by atoms with van der Waals surface area (Å²) in [6, 6.07) is 1.61. The molecule has 0 radical (unpaired) electrons. The van der Waals surface area contributed by atoms with Crippen LogP contribution in [0, 0.1) is 5.95 Å². The Hall–Kier alpha value is -0.480. The molecule has 0 spiro atoms. The first-order chi connectivity index (χ1) is 4.74. The minimum atomic E-state index is -0.495. The molecule has 1 aromatic rings. The molecule has 0 fully saturated rings. The molecule has 1 rings (SSSR count). The van der Waals surface area contributed by atoms with Gasteiger partial charge in [-0.05, 0) is 22.0 Å². The first-order valence-electron chi connectivity index (χ1n) is 2.74. The molecule has 2 N–H and O–H groups in total. The Labute approximate surface area is 66.4 Å². The maximum atomic E-state index is 12.6. The maximum Gasteiger partial charge on any atom is 0.217 e. The van der Waals surface area contributed by atoms with Crippen LogP contribution in [0.15, 0.2) is 16.7 Å². The van der Waals surface area contributed by atoms with Crippen LogP contribution in [0.5, 0.6) is 0 Å². The Balaban J connectivity index is 3.09. The van der Waals surface area contributed by atoms with E-state index in [0.29, 0.717) is 5.56 Å². The molecule has 2 nitrogen and oxygen atoms in total. The van der Waals surface area contributed by atoms with Crippen molar-refractivity contribution >= 4 is 15.9 Å². The van der Waals surface area contributed by atoms with E-state index in [4.69, 9.17) is 5.73 Å². The molecule has 0 atom stereocenters. The van der Waals surface area contributed by atoms with Crippen LogP contribution in [0.3, 0.4) is 0 Å². The number of aromatic nitrogens is 1. The lowest BCUT2D eigenvalue weighted by molar-refractivity contribution is 0.566. The van der Waals surface area contributed by atoms with E-state index in [-0.39, 0.29) is 6.54 Å². The quantitative estimate of drug-likeness (QED) is 0.704. The third kappa shape index (κ3) is 1.52. The Morgan fingerprint density at radius 3 is 2.90 bits per heavy atom. The molecular formula is C6H6BrFN2. The zero-order valence-corrected chi connectivity index (χ0v) is 6.73. The lowest BCUT2D eigenvalue weighted by atomic mass is 10.3. The Bertz CT molecular complexity index is 239. The van der Waals surface area contributed by atoms with Gasteiger partial charge >= 0.3 is 0 Å². The molecular weight excluding hydrogens is 199 g/mol. The van der Waals surface area contributed by atoms with E-state index in [1.165, 1.54) is 6.20 Å². The van der Waals surface area contributed by atoms with E-state index < -0.39 is 5.95 Å². The van der Waals surface area contributed by atoms with Crippen molar-refractivity contribution in [1.29, 1.82) is 0 Å². The highest BCUT2D eigenvalue weighted by molar-refractivity contribution is 9.10. The number of hydrogen-bond donors (Lipinski definition) is 1. The van der Waals surface area contributed by atoms with Gasteiger partial charge in [0.1, 0.15) is 0 Å². The summed E-state index contributed by atoms with van der Waals surface area (Å²) in [5.74, 6) is -0.495. The molecule has 0 unspecified atom stereocenters. The van der Waals surface area contributed by atoms with Crippen LogP contribution in [0.2, 0.25) is 0 Å². The predicted molar refractivity (Wildman–Crippen MR) is 39.8 cm³/mol. The van der Waals surface area contributed by atoms with Crippen LogP contribution >= 0.6 is 15.9 Å². The van der Waals surface area contributed by atoms with Gasteiger partial charge in [-0.2, -0.15) is 4.39 Å². The van der Waals surface area contributed by atoms with Gasteiger partial charge in [-0.25, -0.2) is 4.98 Å². The number of hydrogen-bond acceptors (Lipinski definition) is 2. The summed E-state index contributed by atoms with van der Waals surface area (Å²) in [7, 11) is 0. The molecule has 0 saturated heterocycles. The first kappa shape index (κ1) is 7.63. The molecule has 0 aliphatic rings. The molecule has 1 heterocycles. The molecule has 0 aliphatic carbocycles. The largest absolute Gasteiger partial charge is 0.326 e.